The molecule has 3 atom stereocenters. The van der Waals surface area contributed by atoms with E-state index < -0.39 is 0 Å². The molecule has 0 aromatic carbocycles. The second-order valence-corrected chi connectivity index (χ2v) is 6.44. The lowest BCUT2D eigenvalue weighted by atomic mass is 9.95. The lowest BCUT2D eigenvalue weighted by Gasteiger charge is -2.46. The van der Waals surface area contributed by atoms with Crippen molar-refractivity contribution >= 4 is 0 Å². The van der Waals surface area contributed by atoms with Gasteiger partial charge in [0.15, 0.2) is 0 Å². The van der Waals surface area contributed by atoms with Crippen molar-refractivity contribution in [2.75, 3.05) is 19.6 Å². The largest absolute Gasteiger partial charge is 0.321 e. The highest BCUT2D eigenvalue weighted by molar-refractivity contribution is 4.72. The van der Waals surface area contributed by atoms with Gasteiger partial charge in [-0.05, 0) is 38.5 Å². The lowest BCUT2D eigenvalue weighted by Crippen LogP contribution is -2.58. The van der Waals surface area contributed by atoms with Gasteiger partial charge in [-0.25, -0.2) is 0 Å². The van der Waals surface area contributed by atoms with Gasteiger partial charge in [-0.3, -0.25) is 0 Å². The van der Waals surface area contributed by atoms with Gasteiger partial charge in [-0.15, -0.1) is 0 Å². The Morgan fingerprint density at radius 1 is 0.800 bits per heavy atom. The number of nitrogens with zero attached hydrogens (tertiary/aromatic N) is 1. The number of hydrogen-bond acceptors (Lipinski definition) is 0. The van der Waals surface area contributed by atoms with Crippen molar-refractivity contribution in [1.29, 1.82) is 0 Å². The average molecular weight is 210 g/mol. The summed E-state index contributed by atoms with van der Waals surface area (Å²) in [5.41, 5.74) is 0. The van der Waals surface area contributed by atoms with Crippen LogP contribution in [0.15, 0.2) is 0 Å². The molecule has 1 nitrogen and oxygen atoms in total. The second kappa shape index (κ2) is 4.45. The van der Waals surface area contributed by atoms with Crippen molar-refractivity contribution in [3.63, 3.8) is 0 Å². The van der Waals surface area contributed by atoms with E-state index in [1.807, 2.05) is 0 Å². The van der Waals surface area contributed by atoms with Crippen molar-refractivity contribution in [3.05, 3.63) is 0 Å². The van der Waals surface area contributed by atoms with E-state index in [1.54, 1.807) is 0 Å². The van der Waals surface area contributed by atoms with Gasteiger partial charge in [0.25, 0.3) is 0 Å². The molecule has 0 radical (unpaired) electrons. The molecule has 0 aliphatic carbocycles. The Morgan fingerprint density at radius 3 is 2.13 bits per heavy atom. The van der Waals surface area contributed by atoms with Gasteiger partial charge in [0, 0.05) is 12.3 Å². The van der Waals surface area contributed by atoms with Crippen LogP contribution in [-0.2, 0) is 0 Å². The van der Waals surface area contributed by atoms with Crippen molar-refractivity contribution < 1.29 is 4.48 Å². The molecule has 1 spiro atoms. The zero-order chi connectivity index (χ0) is 10.9. The minimum Gasteiger partial charge on any atom is -0.321 e. The third-order valence-electron chi connectivity index (χ3n) is 4.87. The molecule has 0 amide bonds. The molecule has 2 fully saturated rings. The first-order valence-electron chi connectivity index (χ1n) is 6.98. The molecular weight excluding hydrogens is 182 g/mol. The van der Waals surface area contributed by atoms with Crippen LogP contribution in [0.1, 0.15) is 52.9 Å². The maximum Gasteiger partial charge on any atom is 0.0864 e. The highest BCUT2D eigenvalue weighted by Crippen LogP contribution is 2.34. The summed E-state index contributed by atoms with van der Waals surface area (Å²) >= 11 is 0. The van der Waals surface area contributed by atoms with Crippen molar-refractivity contribution in [2.24, 2.45) is 11.8 Å². The molecule has 1 heteroatoms. The number of hydrogen-bond donors (Lipinski definition) is 0. The molecule has 0 saturated carbocycles. The van der Waals surface area contributed by atoms with Crippen LogP contribution in [-0.4, -0.2) is 30.2 Å². The standard InChI is InChI=1S/C14H28N/c1-12-9-13(2)11-15(14(3)10-12)7-5-4-6-8-15/h12-14H,4-11H2,1-3H3/q+1. The molecule has 3 unspecified atom stereocenters. The van der Waals surface area contributed by atoms with Crippen LogP contribution in [0.2, 0.25) is 0 Å². The monoisotopic (exact) mass is 210 g/mol. The predicted molar refractivity (Wildman–Crippen MR) is 65.7 cm³/mol. The fourth-order valence-electron chi connectivity index (χ4n) is 4.23. The normalized spacial score (nSPS) is 41.4. The molecule has 2 rings (SSSR count). The van der Waals surface area contributed by atoms with Gasteiger partial charge in [-0.1, -0.05) is 13.8 Å². The van der Waals surface area contributed by atoms with Gasteiger partial charge < -0.3 is 4.48 Å². The van der Waals surface area contributed by atoms with E-state index in [2.05, 4.69) is 20.8 Å². The predicted octanol–water partition coefficient (Wildman–Crippen LogP) is 3.44. The Morgan fingerprint density at radius 2 is 1.47 bits per heavy atom. The maximum absolute atomic E-state index is 2.51. The molecule has 0 aromatic rings. The first-order chi connectivity index (χ1) is 7.12. The van der Waals surface area contributed by atoms with Crippen LogP contribution in [0.25, 0.3) is 0 Å². The Balaban J connectivity index is 2.13. The van der Waals surface area contributed by atoms with E-state index in [9.17, 15) is 0 Å². The SMILES string of the molecule is CC1CC(C)C[N+]2(CCCCC2)C(C)C1. The lowest BCUT2D eigenvalue weighted by molar-refractivity contribution is -0.955. The number of quaternary nitrogens is 1. The summed E-state index contributed by atoms with van der Waals surface area (Å²) in [6.07, 6.45) is 7.36. The van der Waals surface area contributed by atoms with Gasteiger partial charge in [0.2, 0.25) is 0 Å². The van der Waals surface area contributed by atoms with E-state index in [0.717, 1.165) is 17.9 Å². The summed E-state index contributed by atoms with van der Waals surface area (Å²) in [6.45, 7) is 11.9. The van der Waals surface area contributed by atoms with E-state index in [1.165, 1.54) is 56.2 Å². The first kappa shape index (κ1) is 11.4. The topological polar surface area (TPSA) is 0 Å². The highest BCUT2D eigenvalue weighted by Gasteiger charge is 2.39. The summed E-state index contributed by atoms with van der Waals surface area (Å²) in [4.78, 5) is 0. The van der Waals surface area contributed by atoms with Crippen molar-refractivity contribution in [2.45, 2.75) is 58.9 Å². The van der Waals surface area contributed by atoms with Crippen LogP contribution in [0, 0.1) is 11.8 Å². The van der Waals surface area contributed by atoms with Gasteiger partial charge in [0.1, 0.15) is 0 Å². The van der Waals surface area contributed by atoms with E-state index >= 15 is 0 Å². The minimum absolute atomic E-state index is 0.922. The molecular formula is C14H28N+. The molecule has 2 aliphatic rings. The van der Waals surface area contributed by atoms with Crippen LogP contribution in [0.5, 0.6) is 0 Å². The van der Waals surface area contributed by atoms with Crippen molar-refractivity contribution in [3.8, 4) is 0 Å². The van der Waals surface area contributed by atoms with Crippen LogP contribution >= 0.6 is 0 Å². The third kappa shape index (κ3) is 2.38. The molecule has 15 heavy (non-hydrogen) atoms. The maximum atomic E-state index is 2.51. The van der Waals surface area contributed by atoms with Gasteiger partial charge >= 0.3 is 0 Å². The molecule has 0 bridgehead atoms. The fraction of sp³-hybridized carbons (Fsp3) is 1.00. The third-order valence-corrected chi connectivity index (χ3v) is 4.87. The second-order valence-electron chi connectivity index (χ2n) is 6.44. The minimum atomic E-state index is 0.922. The Bertz CT molecular complexity index is 205. The molecule has 0 N–H and O–H groups in total. The zero-order valence-corrected chi connectivity index (χ0v) is 10.8. The highest BCUT2D eigenvalue weighted by atomic mass is 15.4. The summed E-state index contributed by atoms with van der Waals surface area (Å²) in [5, 5.41) is 0. The quantitative estimate of drug-likeness (QED) is 0.537. The van der Waals surface area contributed by atoms with Crippen molar-refractivity contribution in [1.82, 2.24) is 0 Å². The summed E-state index contributed by atoms with van der Waals surface area (Å²) in [6, 6.07) is 0.922. The smallest absolute Gasteiger partial charge is 0.0864 e. The summed E-state index contributed by atoms with van der Waals surface area (Å²) in [5.74, 6) is 1.90. The van der Waals surface area contributed by atoms with E-state index in [-0.39, 0.29) is 0 Å². The summed E-state index contributed by atoms with van der Waals surface area (Å²) < 4.78 is 1.46. The Hall–Kier alpha value is -0.0400. The Kier molecular flexibility index (Phi) is 3.39. The van der Waals surface area contributed by atoms with Crippen LogP contribution in [0.3, 0.4) is 0 Å². The van der Waals surface area contributed by atoms with Crippen LogP contribution < -0.4 is 0 Å². The first-order valence-corrected chi connectivity index (χ1v) is 6.98. The molecule has 2 heterocycles. The zero-order valence-electron chi connectivity index (χ0n) is 10.8. The molecule has 2 saturated heterocycles. The van der Waals surface area contributed by atoms with Crippen LogP contribution in [0.4, 0.5) is 0 Å². The number of rotatable bonds is 0. The summed E-state index contributed by atoms with van der Waals surface area (Å²) in [7, 11) is 0. The van der Waals surface area contributed by atoms with Gasteiger partial charge in [0.05, 0.1) is 25.7 Å². The van der Waals surface area contributed by atoms with E-state index in [0.29, 0.717) is 0 Å². The molecule has 0 aromatic heterocycles. The Labute approximate surface area is 95.4 Å². The number of piperidine rings is 1. The average Bonchev–Trinajstić information content (AvgIpc) is 2.26. The molecule has 2 aliphatic heterocycles. The fourth-order valence-corrected chi connectivity index (χ4v) is 4.23. The molecule has 88 valence electrons. The van der Waals surface area contributed by atoms with E-state index in [4.69, 9.17) is 0 Å². The van der Waals surface area contributed by atoms with Gasteiger partial charge in [-0.2, -0.15) is 0 Å².